The number of aromatic nitrogens is 1. The molecular weight excluding hydrogens is 496 g/mol. The summed E-state index contributed by atoms with van der Waals surface area (Å²) >= 11 is 1.64. The number of nitrogens with zero attached hydrogens (tertiary/aromatic N) is 4. The molecule has 0 spiro atoms. The van der Waals surface area contributed by atoms with E-state index in [2.05, 4.69) is 105 Å². The number of rotatable bonds is 8. The van der Waals surface area contributed by atoms with E-state index < -0.39 is 10.4 Å². The number of thiazole rings is 1. The fourth-order valence-corrected chi connectivity index (χ4v) is 4.12. The number of aryl methyl sites for hydroxylation is 2. The maximum atomic E-state index is 9.22. The van der Waals surface area contributed by atoms with Gasteiger partial charge in [-0.3, -0.25) is 4.18 Å². The molecule has 0 bridgehead atoms. The van der Waals surface area contributed by atoms with Gasteiger partial charge in [0.1, 0.15) is 11.9 Å². The van der Waals surface area contributed by atoms with Gasteiger partial charge in [-0.25, -0.2) is 13.0 Å². The smallest absolute Gasteiger partial charge is 0.408 e. The van der Waals surface area contributed by atoms with Crippen molar-refractivity contribution < 1.29 is 21.7 Å². The van der Waals surface area contributed by atoms with E-state index in [0.717, 1.165) is 31.0 Å². The Labute approximate surface area is 216 Å². The quantitative estimate of drug-likeness (QED) is 0.129. The summed E-state index contributed by atoms with van der Waals surface area (Å²) < 4.78 is 33.0. The first kappa shape index (κ1) is 27.2. The van der Waals surface area contributed by atoms with Crippen LogP contribution in [0.2, 0.25) is 0 Å². The van der Waals surface area contributed by atoms with Crippen molar-refractivity contribution in [2.24, 2.45) is 17.3 Å². The predicted octanol–water partition coefficient (Wildman–Crippen LogP) is 5.60. The molecule has 4 aromatic rings. The van der Waals surface area contributed by atoms with Crippen molar-refractivity contribution in [3.8, 4) is 0 Å². The van der Waals surface area contributed by atoms with Crippen LogP contribution in [-0.4, -0.2) is 20.1 Å². The van der Waals surface area contributed by atoms with Crippen molar-refractivity contribution in [3.05, 3.63) is 107 Å². The zero-order valence-corrected chi connectivity index (χ0v) is 21.9. The maximum Gasteiger partial charge on any atom is 0.408 e. The van der Waals surface area contributed by atoms with E-state index in [1.807, 2.05) is 23.7 Å². The topological polar surface area (TPSA) is 98.3 Å². The van der Waals surface area contributed by atoms with Gasteiger partial charge in [0.15, 0.2) is 0 Å². The Morgan fingerprint density at radius 2 is 1.39 bits per heavy atom. The van der Waals surface area contributed by atoms with Gasteiger partial charge >= 0.3 is 5.13 Å². The van der Waals surface area contributed by atoms with E-state index in [-0.39, 0.29) is 0 Å². The van der Waals surface area contributed by atoms with Gasteiger partial charge in [-0.05, 0) is 58.8 Å². The molecule has 0 unspecified atom stereocenters. The number of hydrogen-bond donors (Lipinski definition) is 0. The lowest BCUT2D eigenvalue weighted by Crippen LogP contribution is -2.23. The van der Waals surface area contributed by atoms with Crippen LogP contribution >= 0.6 is 11.3 Å². The number of benzene rings is 3. The molecule has 1 aromatic heterocycles. The second-order valence-corrected chi connectivity index (χ2v) is 10.2. The third-order valence-corrected chi connectivity index (χ3v) is 6.42. The molecule has 0 saturated carbocycles. The summed E-state index contributed by atoms with van der Waals surface area (Å²) in [6.07, 6.45) is 2.06. The largest absolute Gasteiger partial charge is 0.726 e. The van der Waals surface area contributed by atoms with Gasteiger partial charge in [-0.2, -0.15) is 0 Å². The van der Waals surface area contributed by atoms with Gasteiger partial charge in [0.25, 0.3) is 0 Å². The Morgan fingerprint density at radius 1 is 0.889 bits per heavy atom. The van der Waals surface area contributed by atoms with E-state index in [1.54, 1.807) is 11.3 Å². The Balaban J connectivity index is 0.000000538. The molecule has 0 amide bonds. The SMILES string of the molecule is COS(=O)(=O)[O-].Cc1c[n+](C)c(N=Nc2ccc(N(Cc3ccccc3)Cc3ccccc3)cc2)s1. The van der Waals surface area contributed by atoms with Gasteiger partial charge in [0.05, 0.1) is 19.3 Å². The lowest BCUT2D eigenvalue weighted by Gasteiger charge is -2.25. The molecule has 0 N–H and O–H groups in total. The summed E-state index contributed by atoms with van der Waals surface area (Å²) in [5, 5.41) is 9.71. The average Bonchev–Trinajstić information content (AvgIpc) is 3.20. The lowest BCUT2D eigenvalue weighted by atomic mass is 10.1. The fraction of sp³-hybridized carbons (Fsp3) is 0.192. The van der Waals surface area contributed by atoms with Crippen molar-refractivity contribution in [1.29, 1.82) is 0 Å². The first-order chi connectivity index (χ1) is 17.2. The molecule has 1 heterocycles. The molecule has 0 aliphatic heterocycles. The summed E-state index contributed by atoms with van der Waals surface area (Å²) in [7, 11) is -1.61. The van der Waals surface area contributed by atoms with Crippen molar-refractivity contribution >= 4 is 38.2 Å². The van der Waals surface area contributed by atoms with E-state index in [4.69, 9.17) is 0 Å². The standard InChI is InChI=1S/C25H25N4S.CH4O4S/c1-20-17-28(2)25(30-20)27-26-23-13-15-24(16-14-23)29(18-21-9-5-3-6-10-21)19-22-11-7-4-8-12-22;1-5-6(2,3)4/h3-17H,18-19H2,1-2H3;1H3,(H,2,3,4)/q+1;/p-1. The molecular formula is C26H28N4O4S2. The summed E-state index contributed by atoms with van der Waals surface area (Å²) in [5.41, 5.74) is 4.60. The molecule has 4 rings (SSSR count). The highest BCUT2D eigenvalue weighted by Crippen LogP contribution is 2.26. The van der Waals surface area contributed by atoms with Crippen LogP contribution in [0, 0.1) is 6.92 Å². The fourth-order valence-electron chi connectivity index (χ4n) is 3.34. The highest BCUT2D eigenvalue weighted by Gasteiger charge is 2.12. The van der Waals surface area contributed by atoms with Gasteiger partial charge in [0.2, 0.25) is 10.4 Å². The van der Waals surface area contributed by atoms with Crippen molar-refractivity contribution in [2.75, 3.05) is 12.0 Å². The Morgan fingerprint density at radius 3 is 1.81 bits per heavy atom. The van der Waals surface area contributed by atoms with Crippen LogP contribution in [-0.2, 0) is 34.7 Å². The Bertz CT molecular complexity index is 1320. The molecule has 0 saturated heterocycles. The molecule has 8 nitrogen and oxygen atoms in total. The molecule has 0 atom stereocenters. The first-order valence-electron chi connectivity index (χ1n) is 11.1. The van der Waals surface area contributed by atoms with Crippen LogP contribution in [0.3, 0.4) is 0 Å². The lowest BCUT2D eigenvalue weighted by molar-refractivity contribution is -0.654. The van der Waals surface area contributed by atoms with E-state index in [0.29, 0.717) is 0 Å². The van der Waals surface area contributed by atoms with Crippen LogP contribution in [0.1, 0.15) is 16.0 Å². The first-order valence-corrected chi connectivity index (χ1v) is 13.2. The van der Waals surface area contributed by atoms with Crippen molar-refractivity contribution in [1.82, 2.24) is 0 Å². The molecule has 36 heavy (non-hydrogen) atoms. The zero-order chi connectivity index (χ0) is 26.0. The number of azo groups is 1. The number of hydrogen-bond acceptors (Lipinski definition) is 8. The van der Waals surface area contributed by atoms with E-state index in [9.17, 15) is 13.0 Å². The van der Waals surface area contributed by atoms with E-state index >= 15 is 0 Å². The second kappa shape index (κ2) is 13.0. The van der Waals surface area contributed by atoms with Crippen LogP contribution in [0.4, 0.5) is 16.5 Å². The minimum atomic E-state index is -4.41. The zero-order valence-electron chi connectivity index (χ0n) is 20.3. The van der Waals surface area contributed by atoms with Gasteiger partial charge < -0.3 is 9.45 Å². The van der Waals surface area contributed by atoms with Crippen LogP contribution < -0.4 is 9.47 Å². The normalized spacial score (nSPS) is 11.2. The van der Waals surface area contributed by atoms with Crippen LogP contribution in [0.5, 0.6) is 0 Å². The maximum absolute atomic E-state index is 9.22. The predicted molar refractivity (Wildman–Crippen MR) is 140 cm³/mol. The highest BCUT2D eigenvalue weighted by atomic mass is 32.3. The molecule has 0 fully saturated rings. The van der Waals surface area contributed by atoms with Gasteiger partial charge in [-0.1, -0.05) is 60.7 Å². The number of anilines is 1. The molecule has 3 aromatic carbocycles. The monoisotopic (exact) mass is 524 g/mol. The van der Waals surface area contributed by atoms with Crippen molar-refractivity contribution in [3.63, 3.8) is 0 Å². The van der Waals surface area contributed by atoms with Crippen molar-refractivity contribution in [2.45, 2.75) is 20.0 Å². The van der Waals surface area contributed by atoms with Crippen LogP contribution in [0.25, 0.3) is 0 Å². The summed E-state index contributed by atoms with van der Waals surface area (Å²) in [6.45, 7) is 3.77. The summed E-state index contributed by atoms with van der Waals surface area (Å²) in [5.74, 6) is 0. The van der Waals surface area contributed by atoms with E-state index in [1.165, 1.54) is 21.7 Å². The molecule has 0 radical (unpaired) electrons. The van der Waals surface area contributed by atoms with Gasteiger partial charge in [0, 0.05) is 23.7 Å². The molecule has 10 heteroatoms. The Hall–Kier alpha value is -3.44. The third-order valence-electron chi connectivity index (χ3n) is 5.03. The van der Waals surface area contributed by atoms with Gasteiger partial charge in [-0.15, -0.1) is 0 Å². The average molecular weight is 525 g/mol. The molecule has 0 aliphatic carbocycles. The molecule has 0 aliphatic rings. The minimum absolute atomic E-state index is 0.808. The molecule has 188 valence electrons. The second-order valence-electron chi connectivity index (χ2n) is 7.85. The minimum Gasteiger partial charge on any atom is -0.726 e. The summed E-state index contributed by atoms with van der Waals surface area (Å²) in [6, 6.07) is 29.5. The third kappa shape index (κ3) is 8.97. The summed E-state index contributed by atoms with van der Waals surface area (Å²) in [4.78, 5) is 3.60. The highest BCUT2D eigenvalue weighted by molar-refractivity contribution is 7.80. The van der Waals surface area contributed by atoms with Crippen LogP contribution in [0.15, 0.2) is 101 Å². The Kier molecular flexibility index (Phi) is 9.83.